The minimum atomic E-state index is -0.563. The zero-order valence-electron chi connectivity index (χ0n) is 14.8. The summed E-state index contributed by atoms with van der Waals surface area (Å²) in [4.78, 5) is 26.7. The van der Waals surface area contributed by atoms with E-state index in [0.29, 0.717) is 5.56 Å². The number of ether oxygens (including phenoxy) is 1. The van der Waals surface area contributed by atoms with E-state index >= 15 is 0 Å². The third-order valence-electron chi connectivity index (χ3n) is 3.38. The summed E-state index contributed by atoms with van der Waals surface area (Å²) in [7, 11) is 0. The fraction of sp³-hybridized carbons (Fsp3) is 0.368. The van der Waals surface area contributed by atoms with Crippen LogP contribution in [0.2, 0.25) is 0 Å². The van der Waals surface area contributed by atoms with Gasteiger partial charge in [-0.1, -0.05) is 30.0 Å². The predicted molar refractivity (Wildman–Crippen MR) is 96.6 cm³/mol. The van der Waals surface area contributed by atoms with Crippen LogP contribution in [0.3, 0.4) is 0 Å². The highest BCUT2D eigenvalue weighted by Gasteiger charge is 2.19. The summed E-state index contributed by atoms with van der Waals surface area (Å²) in [6, 6.07) is 11.8. The number of benzene rings is 1. The lowest BCUT2D eigenvalue weighted by Crippen LogP contribution is -2.32. The standard InChI is InChI=1S/C19H23NO3S/c1-13-11-16(24-15-9-7-6-8-10-15)14(2)18(22)20(13)12-17(21)23-19(3,4)5/h6-11H,12H2,1-5H3. The van der Waals surface area contributed by atoms with Crippen LogP contribution in [0, 0.1) is 13.8 Å². The third-order valence-corrected chi connectivity index (χ3v) is 4.53. The Labute approximate surface area is 146 Å². The second kappa shape index (κ2) is 7.26. The van der Waals surface area contributed by atoms with Crippen molar-refractivity contribution in [2.45, 2.75) is 56.6 Å². The predicted octanol–water partition coefficient (Wildman–Crippen LogP) is 3.96. The third kappa shape index (κ3) is 4.74. The van der Waals surface area contributed by atoms with Crippen LogP contribution in [-0.4, -0.2) is 16.1 Å². The highest BCUT2D eigenvalue weighted by atomic mass is 32.2. The fourth-order valence-corrected chi connectivity index (χ4v) is 3.28. The van der Waals surface area contributed by atoms with Crippen molar-refractivity contribution in [3.63, 3.8) is 0 Å². The molecule has 128 valence electrons. The lowest BCUT2D eigenvalue weighted by Gasteiger charge is -2.21. The molecular formula is C19H23NO3S. The number of aromatic nitrogens is 1. The van der Waals surface area contributed by atoms with Gasteiger partial charge in [0.25, 0.3) is 5.56 Å². The molecule has 0 aliphatic carbocycles. The Morgan fingerprint density at radius 3 is 2.38 bits per heavy atom. The molecule has 2 aromatic rings. The van der Waals surface area contributed by atoms with Crippen molar-refractivity contribution in [1.82, 2.24) is 4.57 Å². The molecule has 1 heterocycles. The molecule has 1 aromatic carbocycles. The number of esters is 1. The average molecular weight is 345 g/mol. The van der Waals surface area contributed by atoms with E-state index in [4.69, 9.17) is 4.74 Å². The van der Waals surface area contributed by atoms with Gasteiger partial charge in [0.05, 0.1) is 0 Å². The molecule has 0 saturated carbocycles. The molecule has 2 rings (SSSR count). The summed E-state index contributed by atoms with van der Waals surface area (Å²) in [5.74, 6) is -0.407. The molecule has 5 heteroatoms. The number of rotatable bonds is 4. The first kappa shape index (κ1) is 18.3. The largest absolute Gasteiger partial charge is 0.459 e. The Hall–Kier alpha value is -2.01. The summed E-state index contributed by atoms with van der Waals surface area (Å²) < 4.78 is 6.78. The molecule has 0 atom stereocenters. The molecule has 1 aromatic heterocycles. The number of aryl methyl sites for hydroxylation is 1. The van der Waals surface area contributed by atoms with Crippen molar-refractivity contribution in [1.29, 1.82) is 0 Å². The van der Waals surface area contributed by atoms with Crippen LogP contribution in [0.5, 0.6) is 0 Å². The fourth-order valence-electron chi connectivity index (χ4n) is 2.26. The molecule has 4 nitrogen and oxygen atoms in total. The van der Waals surface area contributed by atoms with Crippen molar-refractivity contribution in [2.75, 3.05) is 0 Å². The first-order chi connectivity index (χ1) is 11.2. The number of carbonyl (C=O) groups is 1. The van der Waals surface area contributed by atoms with Gasteiger partial charge in [0, 0.05) is 21.0 Å². The van der Waals surface area contributed by atoms with Gasteiger partial charge in [-0.15, -0.1) is 0 Å². The molecule has 0 bridgehead atoms. The van der Waals surface area contributed by atoms with Gasteiger partial charge < -0.3 is 9.30 Å². The van der Waals surface area contributed by atoms with Crippen LogP contribution in [0.1, 0.15) is 32.0 Å². The SMILES string of the molecule is Cc1c(Sc2ccccc2)cc(C)n(CC(=O)OC(C)(C)C)c1=O. The quantitative estimate of drug-likeness (QED) is 0.787. The number of hydrogen-bond acceptors (Lipinski definition) is 4. The Morgan fingerprint density at radius 2 is 1.79 bits per heavy atom. The Balaban J connectivity index is 2.28. The summed E-state index contributed by atoms with van der Waals surface area (Å²) in [5, 5.41) is 0. The summed E-state index contributed by atoms with van der Waals surface area (Å²) in [6.07, 6.45) is 0. The van der Waals surface area contributed by atoms with Crippen molar-refractivity contribution < 1.29 is 9.53 Å². The van der Waals surface area contributed by atoms with Crippen molar-refractivity contribution in [3.05, 3.63) is 58.0 Å². The normalized spacial score (nSPS) is 11.4. The Kier molecular flexibility index (Phi) is 5.54. The molecule has 0 saturated heterocycles. The van der Waals surface area contributed by atoms with Crippen molar-refractivity contribution >= 4 is 17.7 Å². The molecule has 0 spiro atoms. The maximum atomic E-state index is 12.6. The molecular weight excluding hydrogens is 322 g/mol. The van der Waals surface area contributed by atoms with E-state index in [9.17, 15) is 9.59 Å². The Bertz CT molecular complexity index is 789. The molecule has 0 aliphatic heterocycles. The highest BCUT2D eigenvalue weighted by Crippen LogP contribution is 2.29. The molecule has 0 amide bonds. The van der Waals surface area contributed by atoms with E-state index in [2.05, 4.69) is 0 Å². The first-order valence-electron chi connectivity index (χ1n) is 7.83. The van der Waals surface area contributed by atoms with Gasteiger partial charge >= 0.3 is 5.97 Å². The van der Waals surface area contributed by atoms with Crippen molar-refractivity contribution in [2.24, 2.45) is 0 Å². The lowest BCUT2D eigenvalue weighted by atomic mass is 10.2. The first-order valence-corrected chi connectivity index (χ1v) is 8.65. The maximum absolute atomic E-state index is 12.6. The minimum Gasteiger partial charge on any atom is -0.459 e. The zero-order valence-corrected chi connectivity index (χ0v) is 15.6. The number of pyridine rings is 1. The van der Waals surface area contributed by atoms with Crippen LogP contribution in [0.15, 0.2) is 51.0 Å². The van der Waals surface area contributed by atoms with Gasteiger partial charge in [-0.05, 0) is 52.8 Å². The van der Waals surface area contributed by atoms with Crippen LogP contribution in [0.4, 0.5) is 0 Å². The second-order valence-electron chi connectivity index (χ2n) is 6.67. The number of hydrogen-bond donors (Lipinski definition) is 0. The number of carbonyl (C=O) groups excluding carboxylic acids is 1. The van der Waals surface area contributed by atoms with E-state index in [1.54, 1.807) is 18.7 Å². The van der Waals surface area contributed by atoms with Gasteiger partial charge in [-0.3, -0.25) is 9.59 Å². The average Bonchev–Trinajstić information content (AvgIpc) is 2.48. The zero-order chi connectivity index (χ0) is 17.9. The molecule has 0 radical (unpaired) electrons. The smallest absolute Gasteiger partial charge is 0.326 e. The van der Waals surface area contributed by atoms with Gasteiger partial charge in [-0.2, -0.15) is 0 Å². The van der Waals surface area contributed by atoms with Crippen LogP contribution in [-0.2, 0) is 16.1 Å². The maximum Gasteiger partial charge on any atom is 0.326 e. The lowest BCUT2D eigenvalue weighted by molar-refractivity contribution is -0.155. The van der Waals surface area contributed by atoms with Crippen LogP contribution >= 0.6 is 11.8 Å². The molecule has 0 aliphatic rings. The summed E-state index contributed by atoms with van der Waals surface area (Å²) in [5.41, 5.74) is 0.666. The minimum absolute atomic E-state index is 0.0704. The van der Waals surface area contributed by atoms with E-state index in [1.807, 2.05) is 64.1 Å². The van der Waals surface area contributed by atoms with Crippen LogP contribution in [0.25, 0.3) is 0 Å². The summed E-state index contributed by atoms with van der Waals surface area (Å²) >= 11 is 1.55. The van der Waals surface area contributed by atoms with E-state index in [1.165, 1.54) is 4.57 Å². The topological polar surface area (TPSA) is 48.3 Å². The van der Waals surface area contributed by atoms with Gasteiger partial charge in [-0.25, -0.2) is 0 Å². The molecule has 0 unspecified atom stereocenters. The monoisotopic (exact) mass is 345 g/mol. The number of nitrogens with zero attached hydrogens (tertiary/aromatic N) is 1. The van der Waals surface area contributed by atoms with E-state index < -0.39 is 11.6 Å². The summed E-state index contributed by atoms with van der Waals surface area (Å²) in [6.45, 7) is 8.99. The molecule has 0 fully saturated rings. The molecule has 24 heavy (non-hydrogen) atoms. The van der Waals surface area contributed by atoms with E-state index in [-0.39, 0.29) is 12.1 Å². The molecule has 0 N–H and O–H groups in total. The second-order valence-corrected chi connectivity index (χ2v) is 7.78. The van der Waals surface area contributed by atoms with Crippen molar-refractivity contribution in [3.8, 4) is 0 Å². The Morgan fingerprint density at radius 1 is 1.17 bits per heavy atom. The highest BCUT2D eigenvalue weighted by molar-refractivity contribution is 7.99. The van der Waals surface area contributed by atoms with E-state index in [0.717, 1.165) is 15.5 Å². The van der Waals surface area contributed by atoms with Gasteiger partial charge in [0.1, 0.15) is 12.1 Å². The van der Waals surface area contributed by atoms with Gasteiger partial charge in [0.2, 0.25) is 0 Å². The van der Waals surface area contributed by atoms with Gasteiger partial charge in [0.15, 0.2) is 0 Å². The van der Waals surface area contributed by atoms with Crippen LogP contribution < -0.4 is 5.56 Å².